The highest BCUT2D eigenvalue weighted by atomic mass is 31.2. The van der Waals surface area contributed by atoms with Crippen molar-refractivity contribution in [3.05, 3.63) is 0 Å². The second kappa shape index (κ2) is 62.5. The van der Waals surface area contributed by atoms with Crippen molar-refractivity contribution in [2.75, 3.05) is 39.6 Å². The van der Waals surface area contributed by atoms with Crippen molar-refractivity contribution in [1.29, 1.82) is 0 Å². The zero-order valence-corrected chi connectivity index (χ0v) is 58.6. The van der Waals surface area contributed by atoms with Gasteiger partial charge in [-0.2, -0.15) is 0 Å². The van der Waals surface area contributed by atoms with Gasteiger partial charge in [-0.15, -0.1) is 0 Å². The van der Waals surface area contributed by atoms with E-state index in [1.807, 2.05) is 0 Å². The van der Waals surface area contributed by atoms with Crippen molar-refractivity contribution in [3.8, 4) is 0 Å². The van der Waals surface area contributed by atoms with Crippen molar-refractivity contribution >= 4 is 39.5 Å². The molecule has 88 heavy (non-hydrogen) atoms. The lowest BCUT2D eigenvalue weighted by molar-refractivity contribution is -0.161. The smallest absolute Gasteiger partial charge is 0.462 e. The number of ether oxygens (including phenoxy) is 4. The van der Waals surface area contributed by atoms with Gasteiger partial charge in [0.25, 0.3) is 0 Å². The molecule has 0 radical (unpaired) electrons. The minimum Gasteiger partial charge on any atom is -0.462 e. The van der Waals surface area contributed by atoms with Crippen LogP contribution >= 0.6 is 15.6 Å². The van der Waals surface area contributed by atoms with E-state index in [-0.39, 0.29) is 25.7 Å². The van der Waals surface area contributed by atoms with E-state index in [0.29, 0.717) is 25.7 Å². The molecule has 0 heterocycles. The summed E-state index contributed by atoms with van der Waals surface area (Å²) in [5.74, 6) is -1.32. The summed E-state index contributed by atoms with van der Waals surface area (Å²) in [6, 6.07) is 0. The Kier molecular flexibility index (Phi) is 61.1. The summed E-state index contributed by atoms with van der Waals surface area (Å²) in [6.07, 6.45) is 48.7. The first kappa shape index (κ1) is 86.1. The highest BCUT2D eigenvalue weighted by molar-refractivity contribution is 7.47. The second-order valence-electron chi connectivity index (χ2n) is 25.4. The van der Waals surface area contributed by atoms with Crippen molar-refractivity contribution in [3.63, 3.8) is 0 Å². The molecule has 0 aliphatic rings. The number of phosphoric ester groups is 2. The van der Waals surface area contributed by atoms with Crippen LogP contribution in [0, 0.1) is 5.92 Å². The molecule has 0 amide bonds. The van der Waals surface area contributed by atoms with E-state index in [9.17, 15) is 43.2 Å². The molecule has 0 spiro atoms. The number of aliphatic hydroxyl groups is 1. The number of aliphatic hydroxyl groups excluding tert-OH is 1. The number of phosphoric acid groups is 2. The van der Waals surface area contributed by atoms with Crippen molar-refractivity contribution in [2.45, 2.75) is 374 Å². The Hall–Kier alpha value is -1.94. The van der Waals surface area contributed by atoms with E-state index in [1.54, 1.807) is 0 Å². The van der Waals surface area contributed by atoms with E-state index in [1.165, 1.54) is 167 Å². The first-order valence-corrected chi connectivity index (χ1v) is 39.1. The largest absolute Gasteiger partial charge is 0.472 e. The van der Waals surface area contributed by atoms with Crippen LogP contribution in [-0.4, -0.2) is 96.7 Å². The third-order valence-electron chi connectivity index (χ3n) is 16.0. The maximum atomic E-state index is 13.0. The molecule has 0 saturated heterocycles. The van der Waals surface area contributed by atoms with E-state index < -0.39 is 97.5 Å². The van der Waals surface area contributed by atoms with Crippen LogP contribution in [0.5, 0.6) is 0 Å². The number of esters is 4. The van der Waals surface area contributed by atoms with Gasteiger partial charge in [0.15, 0.2) is 12.2 Å². The molecule has 0 bridgehead atoms. The zero-order valence-electron chi connectivity index (χ0n) is 56.9. The van der Waals surface area contributed by atoms with Crippen LogP contribution in [0.4, 0.5) is 0 Å². The lowest BCUT2D eigenvalue weighted by Crippen LogP contribution is -2.30. The molecular formula is C69H134O17P2. The fraction of sp³-hybridized carbons (Fsp3) is 0.942. The van der Waals surface area contributed by atoms with Crippen molar-refractivity contribution in [1.82, 2.24) is 0 Å². The van der Waals surface area contributed by atoms with Crippen LogP contribution in [-0.2, 0) is 65.4 Å². The quantitative estimate of drug-likeness (QED) is 0.0222. The van der Waals surface area contributed by atoms with Gasteiger partial charge in [-0.25, -0.2) is 9.13 Å². The molecule has 0 aromatic rings. The van der Waals surface area contributed by atoms with Gasteiger partial charge < -0.3 is 33.8 Å². The monoisotopic (exact) mass is 1300 g/mol. The van der Waals surface area contributed by atoms with Crippen LogP contribution < -0.4 is 0 Å². The molecule has 0 aromatic carbocycles. The SMILES string of the molecule is CCCCCCCCCCCCCCCC(=O)OC[C@H](COP(=O)(O)OC[C@@H](O)COP(=O)(O)OC[C@@H](COC(=O)CCCCCCCCC)OC(=O)CCCCCCCCCCC)OC(=O)CCCCCCCCCCCCCCCCCCC(C)C. The van der Waals surface area contributed by atoms with Crippen LogP contribution in [0.1, 0.15) is 356 Å². The number of carbonyl (C=O) groups is 4. The molecule has 0 aliphatic carbocycles. The Morgan fingerprint density at radius 2 is 0.523 bits per heavy atom. The van der Waals surface area contributed by atoms with E-state index in [2.05, 4.69) is 34.6 Å². The van der Waals surface area contributed by atoms with Crippen LogP contribution in [0.25, 0.3) is 0 Å². The van der Waals surface area contributed by atoms with Gasteiger partial charge in [0, 0.05) is 25.7 Å². The molecule has 0 rings (SSSR count). The van der Waals surface area contributed by atoms with Gasteiger partial charge in [-0.05, 0) is 31.6 Å². The molecule has 0 saturated carbocycles. The first-order valence-electron chi connectivity index (χ1n) is 36.1. The van der Waals surface area contributed by atoms with Crippen LogP contribution in [0.3, 0.4) is 0 Å². The standard InChI is InChI=1S/C69H134O17P2/c1-6-9-12-15-18-20-21-26-30-34-38-43-48-53-67(72)80-59-65(86-69(74)55-50-45-40-35-31-28-25-23-22-24-27-29-33-37-41-46-51-62(4)5)61-84-88(77,78)82-57-63(70)56-81-87(75,76)83-60-64(58-79-66(71)52-47-42-36-17-14-11-8-3)85-68(73)54-49-44-39-32-19-16-13-10-7-2/h62-65,70H,6-61H2,1-5H3,(H,75,76)(H,77,78)/t63-,64+,65+/m0/s1. The summed E-state index contributed by atoms with van der Waals surface area (Å²) < 4.78 is 68.1. The number of rotatable bonds is 69. The fourth-order valence-electron chi connectivity index (χ4n) is 10.5. The maximum absolute atomic E-state index is 13.0. The zero-order chi connectivity index (χ0) is 64.9. The highest BCUT2D eigenvalue weighted by Crippen LogP contribution is 2.45. The van der Waals surface area contributed by atoms with Crippen LogP contribution in [0.15, 0.2) is 0 Å². The summed E-state index contributed by atoms with van der Waals surface area (Å²) in [4.78, 5) is 72.3. The third kappa shape index (κ3) is 62.8. The van der Waals surface area contributed by atoms with Gasteiger partial charge >= 0.3 is 39.5 Å². The predicted octanol–water partition coefficient (Wildman–Crippen LogP) is 19.7. The number of hydrogen-bond acceptors (Lipinski definition) is 15. The number of carbonyl (C=O) groups excluding carboxylic acids is 4. The Morgan fingerprint density at radius 3 is 0.773 bits per heavy atom. The molecule has 0 fully saturated rings. The number of hydrogen-bond donors (Lipinski definition) is 3. The average Bonchev–Trinajstić information content (AvgIpc) is 3.60. The summed E-state index contributed by atoms with van der Waals surface area (Å²) >= 11 is 0. The van der Waals surface area contributed by atoms with E-state index in [4.69, 9.17) is 37.0 Å². The van der Waals surface area contributed by atoms with Crippen molar-refractivity contribution in [2.24, 2.45) is 5.92 Å². The van der Waals surface area contributed by atoms with Gasteiger partial charge in [-0.1, -0.05) is 304 Å². The summed E-state index contributed by atoms with van der Waals surface area (Å²) in [6.45, 7) is 7.21. The Morgan fingerprint density at radius 1 is 0.307 bits per heavy atom. The molecule has 5 atom stereocenters. The Balaban J connectivity index is 5.16. The molecule has 0 aromatic heterocycles. The van der Waals surface area contributed by atoms with Gasteiger partial charge in [-0.3, -0.25) is 37.3 Å². The number of unbranched alkanes of at least 4 members (excludes halogenated alkanes) is 41. The lowest BCUT2D eigenvalue weighted by atomic mass is 10.0. The minimum absolute atomic E-state index is 0.106. The van der Waals surface area contributed by atoms with E-state index in [0.717, 1.165) is 109 Å². The normalized spacial score (nSPS) is 14.1. The summed E-state index contributed by atoms with van der Waals surface area (Å²) in [7, 11) is -9.89. The minimum atomic E-state index is -4.95. The topological polar surface area (TPSA) is 237 Å². The molecule has 2 unspecified atom stereocenters. The summed E-state index contributed by atoms with van der Waals surface area (Å²) in [5.41, 5.74) is 0. The molecule has 0 aliphatic heterocycles. The molecule has 3 N–H and O–H groups in total. The molecule has 19 heteroatoms. The molecule has 17 nitrogen and oxygen atoms in total. The Bertz CT molecular complexity index is 1700. The average molecular weight is 1300 g/mol. The van der Waals surface area contributed by atoms with Crippen molar-refractivity contribution < 1.29 is 80.2 Å². The molecule has 522 valence electrons. The first-order chi connectivity index (χ1) is 42.5. The summed E-state index contributed by atoms with van der Waals surface area (Å²) in [5, 5.41) is 10.6. The second-order valence-corrected chi connectivity index (χ2v) is 28.3. The van der Waals surface area contributed by atoms with Gasteiger partial charge in [0.05, 0.1) is 26.4 Å². The molecular weight excluding hydrogens is 1160 g/mol. The Labute approximate surface area is 537 Å². The fourth-order valence-corrected chi connectivity index (χ4v) is 12.0. The lowest BCUT2D eigenvalue weighted by Gasteiger charge is -2.21. The van der Waals surface area contributed by atoms with Gasteiger partial charge in [0.1, 0.15) is 19.3 Å². The van der Waals surface area contributed by atoms with E-state index >= 15 is 0 Å². The van der Waals surface area contributed by atoms with Gasteiger partial charge in [0.2, 0.25) is 0 Å². The predicted molar refractivity (Wildman–Crippen MR) is 354 cm³/mol. The third-order valence-corrected chi connectivity index (χ3v) is 17.9. The highest BCUT2D eigenvalue weighted by Gasteiger charge is 2.30. The maximum Gasteiger partial charge on any atom is 0.472 e. The van der Waals surface area contributed by atoms with Crippen LogP contribution in [0.2, 0.25) is 0 Å².